The maximum atomic E-state index is 14.8. The number of rotatable bonds is 6. The van der Waals surface area contributed by atoms with Crippen LogP contribution in [0.4, 0.5) is 17.6 Å². The van der Waals surface area contributed by atoms with E-state index < -0.39 is 26.7 Å². The molecule has 0 atom stereocenters. The molecule has 0 aliphatic carbocycles. The average Bonchev–Trinajstić information content (AvgIpc) is 3.78. The Bertz CT molecular complexity index is 2930. The van der Waals surface area contributed by atoms with Crippen molar-refractivity contribution in [3.63, 3.8) is 0 Å². The third-order valence-electron chi connectivity index (χ3n) is 10.8. The van der Waals surface area contributed by atoms with Crippen LogP contribution in [-0.2, 0) is 31.7 Å². The van der Waals surface area contributed by atoms with Crippen molar-refractivity contribution in [2.75, 3.05) is 0 Å². The third-order valence-corrected chi connectivity index (χ3v) is 12.9. The summed E-state index contributed by atoms with van der Waals surface area (Å²) in [6, 6.07) is 31.3. The first-order valence-corrected chi connectivity index (χ1v) is 23.6. The molecule has 319 valence electrons. The predicted molar refractivity (Wildman–Crippen MR) is 241 cm³/mol. The van der Waals surface area contributed by atoms with Crippen molar-refractivity contribution >= 4 is 46.2 Å². The molecule has 0 fully saturated rings. The Labute approximate surface area is 375 Å². The van der Waals surface area contributed by atoms with Crippen LogP contribution in [0.15, 0.2) is 102 Å². The zero-order chi connectivity index (χ0) is 46.0. The molecule has 0 unspecified atom stereocenters. The van der Waals surface area contributed by atoms with Crippen molar-refractivity contribution in [1.29, 1.82) is 0 Å². The van der Waals surface area contributed by atoms with E-state index in [9.17, 15) is 17.6 Å². The van der Waals surface area contributed by atoms with Crippen LogP contribution in [0, 0.1) is 24.8 Å². The minimum absolute atomic E-state index is 0. The van der Waals surface area contributed by atoms with Crippen LogP contribution in [0.1, 0.15) is 92.2 Å². The van der Waals surface area contributed by atoms with Crippen LogP contribution in [0.3, 0.4) is 0 Å². The Morgan fingerprint density at radius 1 is 0.836 bits per heavy atom. The second-order valence-electron chi connectivity index (χ2n) is 18.0. The van der Waals surface area contributed by atoms with Gasteiger partial charge in [0.25, 0.3) is 0 Å². The van der Waals surface area contributed by atoms with E-state index in [-0.39, 0.29) is 76.7 Å². The number of aromatic nitrogens is 3. The van der Waals surface area contributed by atoms with Crippen molar-refractivity contribution in [2.45, 2.75) is 98.4 Å². The van der Waals surface area contributed by atoms with Gasteiger partial charge in [0.05, 0.1) is 36.1 Å². The van der Waals surface area contributed by atoms with Crippen molar-refractivity contribution in [3.8, 4) is 28.3 Å². The molecule has 1 radical (unpaired) electrons. The smallest absolute Gasteiger partial charge is 0.418 e. The quantitative estimate of drug-likeness (QED) is 0.0947. The zero-order valence-electron chi connectivity index (χ0n) is 39.0. The first kappa shape index (κ1) is 41.5. The Morgan fingerprint density at radius 3 is 2.08 bits per heavy atom. The molecule has 8 aromatic rings. The van der Waals surface area contributed by atoms with Crippen LogP contribution < -0.4 is 5.19 Å². The van der Waals surface area contributed by atoms with Crippen LogP contribution in [-0.4, -0.2) is 22.6 Å². The van der Waals surface area contributed by atoms with Gasteiger partial charge in [-0.2, -0.15) is 13.2 Å². The first-order chi connectivity index (χ1) is 29.4. The molecule has 8 rings (SSSR count). The van der Waals surface area contributed by atoms with Crippen LogP contribution in [0.5, 0.6) is 0 Å². The summed E-state index contributed by atoms with van der Waals surface area (Å²) in [6.45, 7) is 18.9. The SMILES string of the molecule is C[Si](C)(C)c1ccc(-c2[c-]cc(F)cc2)nc1.[2H]C([2H])([2H])c1c[c-]c(-c2nc3cccc(C(F)(F)F)c3n2-c2c(C(C)C)cc(C(C)(C)C)cc2C(C)C)c2oc3ccccc3c12.[Ir]. The number of hydrogen-bond donors (Lipinski definition) is 0. The van der Waals surface area contributed by atoms with Gasteiger partial charge in [0.15, 0.2) is 0 Å². The molecule has 0 amide bonds. The predicted octanol–water partition coefficient (Wildman–Crippen LogP) is 14.5. The topological polar surface area (TPSA) is 43.9 Å². The number of para-hydroxylation sites is 2. The van der Waals surface area contributed by atoms with Crippen molar-refractivity contribution < 1.29 is 46.2 Å². The Morgan fingerprint density at radius 2 is 1.52 bits per heavy atom. The van der Waals surface area contributed by atoms with E-state index in [2.05, 4.69) is 75.7 Å². The molecule has 61 heavy (non-hydrogen) atoms. The fourth-order valence-electron chi connectivity index (χ4n) is 7.49. The van der Waals surface area contributed by atoms with Crippen molar-refractivity contribution in [1.82, 2.24) is 14.5 Å². The minimum atomic E-state index is -4.67. The Kier molecular flexibility index (Phi) is 11.6. The number of benzene rings is 5. The van der Waals surface area contributed by atoms with E-state index in [1.54, 1.807) is 41.0 Å². The zero-order valence-corrected chi connectivity index (χ0v) is 39.4. The maximum Gasteiger partial charge on any atom is 0.418 e. The standard InChI is InChI=1S/C37H36F3N2O.C14H15FNSi.Ir/c1-20(2)26-18-23(36(6,7)8)19-27(21(3)4)32(26)42-33-28(37(38,39)40)13-11-14-29(33)41-35(42)25-17-16-22(5)31-24-12-9-10-15-30(24)43-34(25)31;1-17(2,3)13-8-9-14(16-10-13)11-4-6-12(15)7-5-11;/h9-16,18-21H,1-8H3;4,6-10H,1-3H3;/q2*-1;/i5D3;;. The summed E-state index contributed by atoms with van der Waals surface area (Å²) in [5.74, 6) is -0.176. The van der Waals surface area contributed by atoms with Gasteiger partial charge < -0.3 is 14.0 Å². The fourth-order valence-corrected chi connectivity index (χ4v) is 8.53. The molecule has 0 saturated heterocycles. The van der Waals surface area contributed by atoms with Gasteiger partial charge >= 0.3 is 6.18 Å². The molecule has 0 bridgehead atoms. The summed E-state index contributed by atoms with van der Waals surface area (Å²) in [5, 5.41) is 2.29. The van der Waals surface area contributed by atoms with Gasteiger partial charge in [-0.05, 0) is 63.0 Å². The molecular weight excluding hydrogens is 967 g/mol. The van der Waals surface area contributed by atoms with Gasteiger partial charge in [-0.25, -0.2) is 0 Å². The second kappa shape index (κ2) is 17.1. The molecule has 0 N–H and O–H groups in total. The largest absolute Gasteiger partial charge is 0.501 e. The van der Waals surface area contributed by atoms with Crippen LogP contribution in [0.2, 0.25) is 19.6 Å². The molecule has 3 aromatic heterocycles. The number of pyridine rings is 1. The molecule has 4 nitrogen and oxygen atoms in total. The molecule has 10 heteroatoms. The second-order valence-corrected chi connectivity index (χ2v) is 23.1. The molecule has 0 spiro atoms. The number of alkyl halides is 3. The number of fused-ring (bicyclic) bond motifs is 4. The van der Waals surface area contributed by atoms with E-state index in [1.165, 1.54) is 29.5 Å². The van der Waals surface area contributed by atoms with Crippen molar-refractivity contribution in [3.05, 3.63) is 143 Å². The number of halogens is 4. The summed E-state index contributed by atoms with van der Waals surface area (Å²) in [7, 11) is -1.30. The van der Waals surface area contributed by atoms with E-state index in [4.69, 9.17) is 13.5 Å². The van der Waals surface area contributed by atoms with Crippen molar-refractivity contribution in [2.24, 2.45) is 0 Å². The van der Waals surface area contributed by atoms with Crippen LogP contribution >= 0.6 is 0 Å². The summed E-state index contributed by atoms with van der Waals surface area (Å²) in [6.07, 6.45) is -2.74. The summed E-state index contributed by atoms with van der Waals surface area (Å²) in [4.78, 5) is 9.27. The molecule has 5 aromatic carbocycles. The van der Waals surface area contributed by atoms with Gasteiger partial charge in [0, 0.05) is 47.3 Å². The van der Waals surface area contributed by atoms with E-state index in [0.29, 0.717) is 22.0 Å². The van der Waals surface area contributed by atoms with Gasteiger partial charge in [0.1, 0.15) is 5.58 Å². The van der Waals surface area contributed by atoms with Crippen LogP contribution in [0.25, 0.3) is 61.3 Å². The van der Waals surface area contributed by atoms with Gasteiger partial charge in [-0.3, -0.25) is 9.37 Å². The first-order valence-electron chi connectivity index (χ1n) is 21.6. The normalized spacial score (nSPS) is 13.3. The molecule has 0 aliphatic heterocycles. The number of furan rings is 1. The third kappa shape index (κ3) is 9.04. The summed E-state index contributed by atoms with van der Waals surface area (Å²) < 4.78 is 89.9. The summed E-state index contributed by atoms with van der Waals surface area (Å²) in [5.41, 5.74) is 5.22. The number of imidazole rings is 1. The maximum absolute atomic E-state index is 14.8. The van der Waals surface area contributed by atoms with Gasteiger partial charge in [0.2, 0.25) is 0 Å². The Balaban J connectivity index is 0.000000317. The van der Waals surface area contributed by atoms with Gasteiger partial charge in [-0.15, -0.1) is 47.5 Å². The van der Waals surface area contributed by atoms with E-state index in [0.717, 1.165) is 34.0 Å². The fraction of sp³-hybridized carbons (Fsp3) is 0.294. The average molecular weight is 1020 g/mol. The van der Waals surface area contributed by atoms with E-state index >= 15 is 0 Å². The number of nitrogens with zero attached hydrogens (tertiary/aromatic N) is 3. The monoisotopic (exact) mass is 1020 g/mol. The Hall–Kier alpha value is -4.89. The minimum Gasteiger partial charge on any atom is -0.501 e. The number of hydrogen-bond acceptors (Lipinski definition) is 3. The molecule has 0 aliphatic rings. The molecule has 0 saturated carbocycles. The van der Waals surface area contributed by atoms with E-state index in [1.807, 2.05) is 40.0 Å². The molecular formula is C51H51F4IrN3OSi-2. The number of aryl methyl sites for hydroxylation is 1. The molecule has 3 heterocycles. The summed E-state index contributed by atoms with van der Waals surface area (Å²) >= 11 is 0. The van der Waals surface area contributed by atoms with Gasteiger partial charge in [-0.1, -0.05) is 134 Å².